The maximum Gasteiger partial charge on any atom is 0.270 e. The molecule has 3 aromatic rings. The third kappa shape index (κ3) is 6.06. The Hall–Kier alpha value is -3.51. The van der Waals surface area contributed by atoms with E-state index >= 15 is 0 Å². The minimum atomic E-state index is -0.701. The van der Waals surface area contributed by atoms with Crippen LogP contribution in [0.5, 0.6) is 0 Å². The lowest BCUT2D eigenvalue weighted by Gasteiger charge is -2.27. The molecule has 0 aromatic carbocycles. The van der Waals surface area contributed by atoms with E-state index in [0.29, 0.717) is 28.8 Å². The summed E-state index contributed by atoms with van der Waals surface area (Å²) in [6.45, 7) is 4.05. The van der Waals surface area contributed by atoms with E-state index in [0.717, 1.165) is 25.7 Å². The van der Waals surface area contributed by atoms with Gasteiger partial charge < -0.3 is 15.4 Å². The molecule has 2 aliphatic carbocycles. The van der Waals surface area contributed by atoms with Crippen LogP contribution in [0.2, 0.25) is 5.15 Å². The molecule has 3 N–H and O–H groups in total. The van der Waals surface area contributed by atoms with Crippen molar-refractivity contribution in [1.82, 2.24) is 35.1 Å². The van der Waals surface area contributed by atoms with Crippen LogP contribution in [0.4, 0.5) is 5.69 Å². The Morgan fingerprint density at radius 2 is 1.92 bits per heavy atom. The number of ether oxygens (including phenoxy) is 1. The van der Waals surface area contributed by atoms with Crippen LogP contribution in [-0.4, -0.2) is 61.3 Å². The Labute approximate surface area is 230 Å². The summed E-state index contributed by atoms with van der Waals surface area (Å²) < 4.78 is 8.51. The zero-order valence-corrected chi connectivity index (χ0v) is 22.9. The highest BCUT2D eigenvalue weighted by molar-refractivity contribution is 6.29. The van der Waals surface area contributed by atoms with Crippen molar-refractivity contribution in [3.05, 3.63) is 57.5 Å². The molecule has 2 fully saturated rings. The number of anilines is 1. The predicted molar refractivity (Wildman–Crippen MR) is 144 cm³/mol. The number of nitrogens with one attached hydrogen (secondary N) is 3. The second-order valence-corrected chi connectivity index (χ2v) is 11.0. The van der Waals surface area contributed by atoms with E-state index in [2.05, 4.69) is 31.0 Å². The van der Waals surface area contributed by atoms with Gasteiger partial charge in [0.1, 0.15) is 22.9 Å². The maximum absolute atomic E-state index is 13.7. The van der Waals surface area contributed by atoms with Crippen molar-refractivity contribution in [2.24, 2.45) is 17.8 Å². The summed E-state index contributed by atoms with van der Waals surface area (Å²) in [5.74, 6) is 0.284. The van der Waals surface area contributed by atoms with Gasteiger partial charge in [0, 0.05) is 31.1 Å². The van der Waals surface area contributed by atoms with Gasteiger partial charge in [0.25, 0.3) is 11.5 Å². The van der Waals surface area contributed by atoms with E-state index < -0.39 is 17.6 Å². The third-order valence-electron chi connectivity index (χ3n) is 7.35. The van der Waals surface area contributed by atoms with E-state index in [1.54, 1.807) is 23.1 Å². The second-order valence-electron chi connectivity index (χ2n) is 10.6. The van der Waals surface area contributed by atoms with Crippen LogP contribution in [0.3, 0.4) is 0 Å². The number of aromatic amines is 1. The maximum atomic E-state index is 13.7. The van der Waals surface area contributed by atoms with Gasteiger partial charge >= 0.3 is 0 Å². The number of methoxy groups -OCH3 is 1. The number of halogens is 1. The number of hydrogen-bond acceptors (Lipinski definition) is 7. The molecule has 2 amide bonds. The fourth-order valence-corrected chi connectivity index (χ4v) is 5.41. The molecule has 2 unspecified atom stereocenters. The Bertz CT molecular complexity index is 1380. The number of nitrogens with zero attached hydrogens (tertiary/aromatic N) is 5. The first kappa shape index (κ1) is 27.1. The highest BCUT2D eigenvalue weighted by Gasteiger charge is 2.48. The molecular weight excluding hydrogens is 524 g/mol. The molecular formula is C26H33ClN8O4. The summed E-state index contributed by atoms with van der Waals surface area (Å²) in [5, 5.41) is 20.8. The van der Waals surface area contributed by atoms with Gasteiger partial charge in [0.05, 0.1) is 18.5 Å². The van der Waals surface area contributed by atoms with Gasteiger partial charge in [-0.3, -0.25) is 23.7 Å². The standard InChI is InChI=1S/C26H33ClN8O4/c1-14(2)35-19(8-9-28-35)25(37)31-23(22(15-4-5-15)16-6-7-16)26(38)30-17-11-29-34(12-17)20(13-39-3)18-10-21(27)32-33-24(18)36/h8-12,14-16,20,22-23H,4-7,13H2,1-3H3,(H,30,38)(H,31,37)(H,33,36). The summed E-state index contributed by atoms with van der Waals surface area (Å²) in [7, 11) is 1.52. The van der Waals surface area contributed by atoms with E-state index in [-0.39, 0.29) is 35.5 Å². The van der Waals surface area contributed by atoms with Crippen molar-refractivity contribution < 1.29 is 14.3 Å². The summed E-state index contributed by atoms with van der Waals surface area (Å²) in [6, 6.07) is 1.84. The van der Waals surface area contributed by atoms with E-state index in [1.807, 2.05) is 13.8 Å². The van der Waals surface area contributed by atoms with Gasteiger partial charge in [-0.15, -0.1) is 0 Å². The SMILES string of the molecule is COCC(c1cc(Cl)n[nH]c1=O)n1cc(NC(=O)C(NC(=O)c2ccnn2C(C)C)C(C2CC2)C2CC2)cn1. The summed E-state index contributed by atoms with van der Waals surface area (Å²) in [5.41, 5.74) is 0.772. The van der Waals surface area contributed by atoms with Crippen LogP contribution in [-0.2, 0) is 9.53 Å². The molecule has 2 saturated carbocycles. The smallest absolute Gasteiger partial charge is 0.270 e. The minimum absolute atomic E-state index is 0.00378. The molecule has 3 heterocycles. The van der Waals surface area contributed by atoms with Crippen molar-refractivity contribution in [3.63, 3.8) is 0 Å². The normalized spacial score (nSPS) is 16.9. The van der Waals surface area contributed by atoms with Crippen LogP contribution in [0.1, 0.15) is 67.7 Å². The van der Waals surface area contributed by atoms with Gasteiger partial charge in [-0.25, -0.2) is 5.10 Å². The number of hydrogen-bond donors (Lipinski definition) is 3. The van der Waals surface area contributed by atoms with Gasteiger partial charge in [0.15, 0.2) is 0 Å². The molecule has 0 saturated heterocycles. The number of H-pyrrole nitrogens is 1. The lowest BCUT2D eigenvalue weighted by Crippen LogP contribution is -2.50. The Balaban J connectivity index is 1.38. The lowest BCUT2D eigenvalue weighted by atomic mass is 9.88. The van der Waals surface area contributed by atoms with Gasteiger partial charge in [0.2, 0.25) is 5.91 Å². The number of carbonyl (C=O) groups excluding carboxylic acids is 2. The highest BCUT2D eigenvalue weighted by Crippen LogP contribution is 2.51. The number of rotatable bonds is 12. The summed E-state index contributed by atoms with van der Waals surface area (Å²) >= 11 is 6.00. The molecule has 0 spiro atoms. The minimum Gasteiger partial charge on any atom is -0.382 e. The molecule has 208 valence electrons. The summed E-state index contributed by atoms with van der Waals surface area (Å²) in [6.07, 6.45) is 8.97. The fourth-order valence-electron chi connectivity index (χ4n) is 5.25. The molecule has 2 aliphatic rings. The molecule has 5 rings (SSSR count). The quantitative estimate of drug-likeness (QED) is 0.310. The molecule has 12 nitrogen and oxygen atoms in total. The van der Waals surface area contributed by atoms with Crippen LogP contribution >= 0.6 is 11.6 Å². The van der Waals surface area contributed by atoms with E-state index in [9.17, 15) is 14.4 Å². The van der Waals surface area contributed by atoms with Crippen LogP contribution in [0.25, 0.3) is 0 Å². The Morgan fingerprint density at radius 1 is 1.21 bits per heavy atom. The van der Waals surface area contributed by atoms with E-state index in [1.165, 1.54) is 24.1 Å². The monoisotopic (exact) mass is 556 g/mol. The average molecular weight is 557 g/mol. The van der Waals surface area contributed by atoms with Crippen LogP contribution in [0, 0.1) is 17.8 Å². The molecule has 39 heavy (non-hydrogen) atoms. The molecule has 0 aliphatic heterocycles. The first-order chi connectivity index (χ1) is 18.8. The largest absolute Gasteiger partial charge is 0.382 e. The first-order valence-electron chi connectivity index (χ1n) is 13.2. The fraction of sp³-hybridized carbons (Fsp3) is 0.538. The van der Waals surface area contributed by atoms with Crippen molar-refractivity contribution in [2.45, 2.75) is 57.7 Å². The number of aromatic nitrogens is 6. The number of carbonyl (C=O) groups is 2. The van der Waals surface area contributed by atoms with Crippen molar-refractivity contribution in [1.29, 1.82) is 0 Å². The van der Waals surface area contributed by atoms with Gasteiger partial charge in [-0.1, -0.05) is 11.6 Å². The first-order valence-corrected chi connectivity index (χ1v) is 13.6. The second kappa shape index (κ2) is 11.3. The Kier molecular flexibility index (Phi) is 7.85. The predicted octanol–water partition coefficient (Wildman–Crippen LogP) is 2.81. The zero-order chi connectivity index (χ0) is 27.7. The lowest BCUT2D eigenvalue weighted by molar-refractivity contribution is -0.119. The zero-order valence-electron chi connectivity index (χ0n) is 22.1. The number of amides is 2. The molecule has 0 bridgehead atoms. The topological polar surface area (TPSA) is 149 Å². The van der Waals surface area contributed by atoms with E-state index in [4.69, 9.17) is 16.3 Å². The molecule has 13 heteroatoms. The summed E-state index contributed by atoms with van der Waals surface area (Å²) in [4.78, 5) is 39.5. The van der Waals surface area contributed by atoms with Gasteiger partial charge in [-0.2, -0.15) is 15.3 Å². The third-order valence-corrected chi connectivity index (χ3v) is 7.55. The van der Waals surface area contributed by atoms with Crippen molar-refractivity contribution >= 4 is 29.1 Å². The van der Waals surface area contributed by atoms with Crippen molar-refractivity contribution in [3.8, 4) is 0 Å². The van der Waals surface area contributed by atoms with Crippen LogP contribution in [0.15, 0.2) is 35.5 Å². The molecule has 2 atom stereocenters. The van der Waals surface area contributed by atoms with Crippen molar-refractivity contribution in [2.75, 3.05) is 19.0 Å². The molecule has 0 radical (unpaired) electrons. The Morgan fingerprint density at radius 3 is 2.56 bits per heavy atom. The average Bonchev–Trinajstić information content (AvgIpc) is 3.82. The van der Waals surface area contributed by atoms with Crippen LogP contribution < -0.4 is 16.2 Å². The highest BCUT2D eigenvalue weighted by atomic mass is 35.5. The molecule has 3 aromatic heterocycles. The van der Waals surface area contributed by atoms with Gasteiger partial charge in [-0.05, 0) is 69.4 Å².